The highest BCUT2D eigenvalue weighted by molar-refractivity contribution is 7.89. The summed E-state index contributed by atoms with van der Waals surface area (Å²) in [6.45, 7) is 0.504. The lowest BCUT2D eigenvalue weighted by Gasteiger charge is -2.24. The van der Waals surface area contributed by atoms with Crippen molar-refractivity contribution in [3.63, 3.8) is 0 Å². The number of nitrogens with one attached hydrogen (secondary N) is 2. The first kappa shape index (κ1) is 20.5. The molecular formula is C21H27N3O3S. The van der Waals surface area contributed by atoms with E-state index < -0.39 is 10.0 Å². The molecule has 1 unspecified atom stereocenters. The fourth-order valence-electron chi connectivity index (χ4n) is 2.91. The zero-order chi connectivity index (χ0) is 20.1. The molecule has 0 aromatic heterocycles. The Morgan fingerprint density at radius 1 is 1.07 bits per heavy atom. The highest BCUT2D eigenvalue weighted by atomic mass is 32.2. The molecule has 28 heavy (non-hydrogen) atoms. The van der Waals surface area contributed by atoms with Gasteiger partial charge in [0.25, 0.3) is 5.91 Å². The molecule has 0 spiro atoms. The Kier molecular flexibility index (Phi) is 6.49. The van der Waals surface area contributed by atoms with Crippen molar-refractivity contribution in [2.45, 2.75) is 36.2 Å². The Bertz CT molecular complexity index is 892. The maximum Gasteiger partial charge on any atom is 0.251 e. The third-order valence-electron chi connectivity index (χ3n) is 4.87. The maximum absolute atomic E-state index is 12.5. The summed E-state index contributed by atoms with van der Waals surface area (Å²) >= 11 is 0. The van der Waals surface area contributed by atoms with Gasteiger partial charge in [-0.25, -0.2) is 13.1 Å². The van der Waals surface area contributed by atoms with E-state index >= 15 is 0 Å². The Morgan fingerprint density at radius 3 is 2.29 bits per heavy atom. The van der Waals surface area contributed by atoms with E-state index in [2.05, 4.69) is 27.1 Å². The maximum atomic E-state index is 12.5. The molecule has 1 atom stereocenters. The van der Waals surface area contributed by atoms with Crippen LogP contribution in [0.4, 0.5) is 0 Å². The van der Waals surface area contributed by atoms with Crippen LogP contribution < -0.4 is 10.0 Å². The van der Waals surface area contributed by atoms with E-state index in [1.807, 2.05) is 32.3 Å². The molecule has 1 amide bonds. The van der Waals surface area contributed by atoms with Crippen molar-refractivity contribution in [3.05, 3.63) is 65.7 Å². The molecular weight excluding hydrogens is 374 g/mol. The van der Waals surface area contributed by atoms with Gasteiger partial charge in [0.1, 0.15) is 0 Å². The summed E-state index contributed by atoms with van der Waals surface area (Å²) in [5.41, 5.74) is 1.66. The number of carbonyl (C=O) groups is 1. The molecule has 0 aliphatic heterocycles. The number of likely N-dealkylation sites (N-methyl/N-ethyl adjacent to an activating group) is 1. The Labute approximate surface area is 167 Å². The van der Waals surface area contributed by atoms with Gasteiger partial charge in [0.05, 0.1) is 4.90 Å². The van der Waals surface area contributed by atoms with Crippen molar-refractivity contribution >= 4 is 15.9 Å². The molecule has 7 heteroatoms. The summed E-state index contributed by atoms with van der Waals surface area (Å²) < 4.78 is 27.1. The third-order valence-corrected chi connectivity index (χ3v) is 6.41. The summed E-state index contributed by atoms with van der Waals surface area (Å²) in [6, 6.07) is 16.4. The monoisotopic (exact) mass is 401 g/mol. The van der Waals surface area contributed by atoms with Gasteiger partial charge in [-0.2, -0.15) is 0 Å². The van der Waals surface area contributed by atoms with E-state index in [4.69, 9.17) is 0 Å². The number of sulfonamides is 1. The normalized spacial score (nSPS) is 15.4. The van der Waals surface area contributed by atoms with Gasteiger partial charge < -0.3 is 10.2 Å². The number of carbonyl (C=O) groups excluding carboxylic acids is 1. The molecule has 6 nitrogen and oxygen atoms in total. The van der Waals surface area contributed by atoms with Gasteiger partial charge in [-0.05, 0) is 63.2 Å². The Balaban J connectivity index is 1.58. The number of amides is 1. The summed E-state index contributed by atoms with van der Waals surface area (Å²) in [5.74, 6) is -0.209. The largest absolute Gasteiger partial charge is 0.350 e. The predicted molar refractivity (Wildman–Crippen MR) is 110 cm³/mol. The van der Waals surface area contributed by atoms with E-state index in [1.165, 1.54) is 17.7 Å². The van der Waals surface area contributed by atoms with Crippen LogP contribution in [0.15, 0.2) is 59.5 Å². The smallest absolute Gasteiger partial charge is 0.251 e. The topological polar surface area (TPSA) is 78.5 Å². The van der Waals surface area contributed by atoms with Crippen molar-refractivity contribution in [2.75, 3.05) is 20.6 Å². The average molecular weight is 402 g/mol. The lowest BCUT2D eigenvalue weighted by atomic mass is 10.1. The summed E-state index contributed by atoms with van der Waals surface area (Å²) in [4.78, 5) is 14.8. The first-order valence-electron chi connectivity index (χ1n) is 9.46. The van der Waals surface area contributed by atoms with Crippen LogP contribution in [0.1, 0.15) is 28.8 Å². The lowest BCUT2D eigenvalue weighted by molar-refractivity contribution is 0.0941. The second-order valence-electron chi connectivity index (χ2n) is 7.44. The highest BCUT2D eigenvalue weighted by Gasteiger charge is 2.28. The Hall–Kier alpha value is -2.22. The molecule has 2 N–H and O–H groups in total. The van der Waals surface area contributed by atoms with Crippen molar-refractivity contribution in [3.8, 4) is 0 Å². The number of nitrogens with zero attached hydrogens (tertiary/aromatic N) is 1. The minimum Gasteiger partial charge on any atom is -0.350 e. The number of rotatable bonds is 9. The van der Waals surface area contributed by atoms with Gasteiger partial charge in [-0.15, -0.1) is 0 Å². The summed E-state index contributed by atoms with van der Waals surface area (Å²) in [5, 5.41) is 2.96. The molecule has 3 rings (SSSR count). The molecule has 0 radical (unpaired) electrons. The quantitative estimate of drug-likeness (QED) is 0.674. The van der Waals surface area contributed by atoms with Crippen LogP contribution in [0.5, 0.6) is 0 Å². The second kappa shape index (κ2) is 8.86. The molecule has 1 saturated carbocycles. The molecule has 1 fully saturated rings. The van der Waals surface area contributed by atoms with Crippen LogP contribution in [0, 0.1) is 0 Å². The van der Waals surface area contributed by atoms with Crippen LogP contribution in [0.25, 0.3) is 0 Å². The van der Waals surface area contributed by atoms with Crippen molar-refractivity contribution in [1.82, 2.24) is 14.9 Å². The van der Waals surface area contributed by atoms with E-state index in [0.29, 0.717) is 12.1 Å². The second-order valence-corrected chi connectivity index (χ2v) is 9.15. The van der Waals surface area contributed by atoms with E-state index in [0.717, 1.165) is 19.3 Å². The van der Waals surface area contributed by atoms with E-state index in [9.17, 15) is 13.2 Å². The van der Waals surface area contributed by atoms with Gasteiger partial charge in [0.15, 0.2) is 0 Å². The number of benzene rings is 2. The van der Waals surface area contributed by atoms with Crippen LogP contribution in [-0.4, -0.2) is 51.9 Å². The fraction of sp³-hybridized carbons (Fsp3) is 0.381. The lowest BCUT2D eigenvalue weighted by Crippen LogP contribution is -2.41. The number of hydrogen-bond acceptors (Lipinski definition) is 4. The molecule has 1 aliphatic carbocycles. The SMILES string of the molecule is CN(C)C(CNC(=O)c1ccc(S(=O)(=O)NC2CC2)cc1)Cc1ccccc1. The fourth-order valence-corrected chi connectivity index (χ4v) is 4.22. The Morgan fingerprint density at radius 2 is 1.71 bits per heavy atom. The summed E-state index contributed by atoms with van der Waals surface area (Å²) in [7, 11) is 0.485. The highest BCUT2D eigenvalue weighted by Crippen LogP contribution is 2.22. The zero-order valence-corrected chi connectivity index (χ0v) is 17.1. The van der Waals surface area contributed by atoms with E-state index in [-0.39, 0.29) is 22.9 Å². The van der Waals surface area contributed by atoms with Crippen LogP contribution in [0.3, 0.4) is 0 Å². The van der Waals surface area contributed by atoms with Gasteiger partial charge in [-0.3, -0.25) is 4.79 Å². The molecule has 2 aromatic carbocycles. The average Bonchev–Trinajstić information content (AvgIpc) is 3.49. The summed E-state index contributed by atoms with van der Waals surface area (Å²) in [6.07, 6.45) is 2.60. The van der Waals surface area contributed by atoms with Crippen molar-refractivity contribution < 1.29 is 13.2 Å². The van der Waals surface area contributed by atoms with Crippen LogP contribution in [-0.2, 0) is 16.4 Å². The predicted octanol–water partition coefficient (Wildman–Crippen LogP) is 2.03. The first-order valence-corrected chi connectivity index (χ1v) is 10.9. The molecule has 0 bridgehead atoms. The van der Waals surface area contributed by atoms with E-state index in [1.54, 1.807) is 12.1 Å². The van der Waals surface area contributed by atoms with Crippen molar-refractivity contribution in [1.29, 1.82) is 0 Å². The third kappa shape index (κ3) is 5.64. The van der Waals surface area contributed by atoms with Crippen LogP contribution >= 0.6 is 0 Å². The molecule has 0 saturated heterocycles. The molecule has 0 heterocycles. The minimum atomic E-state index is -3.50. The number of hydrogen-bond donors (Lipinski definition) is 2. The van der Waals surface area contributed by atoms with Gasteiger partial charge in [0.2, 0.25) is 10.0 Å². The standard InChI is InChI=1S/C21H27N3O3S/c1-24(2)19(14-16-6-4-3-5-7-16)15-22-21(25)17-8-12-20(13-9-17)28(26,27)23-18-10-11-18/h3-9,12-13,18-19,23H,10-11,14-15H2,1-2H3,(H,22,25). The van der Waals surface area contributed by atoms with Crippen LogP contribution in [0.2, 0.25) is 0 Å². The molecule has 150 valence electrons. The zero-order valence-electron chi connectivity index (χ0n) is 16.3. The molecule has 1 aliphatic rings. The van der Waals surface area contributed by atoms with Gasteiger partial charge >= 0.3 is 0 Å². The van der Waals surface area contributed by atoms with Gasteiger partial charge in [0, 0.05) is 24.2 Å². The van der Waals surface area contributed by atoms with Crippen molar-refractivity contribution in [2.24, 2.45) is 0 Å². The molecule has 2 aromatic rings. The van der Waals surface area contributed by atoms with Gasteiger partial charge in [-0.1, -0.05) is 30.3 Å². The first-order chi connectivity index (χ1) is 13.3. The minimum absolute atomic E-state index is 0.0561.